The molecular weight excluding hydrogens is 348 g/mol. The zero-order valence-corrected chi connectivity index (χ0v) is 14.0. The van der Waals surface area contributed by atoms with Gasteiger partial charge in [-0.15, -0.1) is 0 Å². The van der Waals surface area contributed by atoms with E-state index in [4.69, 9.17) is 0 Å². The second kappa shape index (κ2) is 6.49. The Kier molecular flexibility index (Phi) is 4.45. The first-order valence-electron chi connectivity index (χ1n) is 6.77. The Morgan fingerprint density at radius 3 is 2.86 bits per heavy atom. The molecule has 0 saturated heterocycles. The van der Waals surface area contributed by atoms with Gasteiger partial charge < -0.3 is 9.72 Å². The molecule has 2 heterocycles. The minimum absolute atomic E-state index is 0.877. The van der Waals surface area contributed by atoms with E-state index in [1.807, 2.05) is 28.9 Å². The van der Waals surface area contributed by atoms with Crippen molar-refractivity contribution in [1.82, 2.24) is 14.4 Å². The zero-order chi connectivity index (χ0) is 14.7. The minimum Gasteiger partial charge on any atom is -0.369 e. The standard InChI is InChI=1S/C15H15BrN4S/c1-2-7-17-13-10-20-9-8-18-14(20)15(19-13)21-12-5-3-11(16)4-6-12/h3-6,8-10,17H,2,7H2,1H3. The lowest BCUT2D eigenvalue weighted by Gasteiger charge is -2.08. The third-order valence-electron chi connectivity index (χ3n) is 2.93. The molecule has 1 aromatic carbocycles. The van der Waals surface area contributed by atoms with E-state index < -0.39 is 0 Å². The third-order valence-corrected chi connectivity index (χ3v) is 4.43. The number of imidazole rings is 1. The number of anilines is 1. The molecule has 3 rings (SSSR count). The van der Waals surface area contributed by atoms with E-state index >= 15 is 0 Å². The first-order chi connectivity index (χ1) is 10.3. The molecule has 0 spiro atoms. The maximum absolute atomic E-state index is 4.69. The molecule has 0 aliphatic carbocycles. The molecular formula is C15H15BrN4S. The van der Waals surface area contributed by atoms with Crippen LogP contribution in [-0.4, -0.2) is 20.9 Å². The molecule has 6 heteroatoms. The summed E-state index contributed by atoms with van der Waals surface area (Å²) in [7, 11) is 0. The quantitative estimate of drug-likeness (QED) is 0.727. The van der Waals surface area contributed by atoms with Gasteiger partial charge in [0.15, 0.2) is 5.65 Å². The van der Waals surface area contributed by atoms with Gasteiger partial charge in [0, 0.05) is 28.3 Å². The molecule has 0 aliphatic heterocycles. The fourth-order valence-electron chi connectivity index (χ4n) is 1.92. The zero-order valence-electron chi connectivity index (χ0n) is 11.6. The van der Waals surface area contributed by atoms with E-state index in [0.29, 0.717) is 0 Å². The van der Waals surface area contributed by atoms with Crippen LogP contribution >= 0.6 is 27.7 Å². The fourth-order valence-corrected chi connectivity index (χ4v) is 3.08. The highest BCUT2D eigenvalue weighted by molar-refractivity contribution is 9.10. The van der Waals surface area contributed by atoms with Crippen LogP contribution in [0.1, 0.15) is 13.3 Å². The number of nitrogens with one attached hydrogen (secondary N) is 1. The highest BCUT2D eigenvalue weighted by Gasteiger charge is 2.09. The van der Waals surface area contributed by atoms with Gasteiger partial charge in [-0.05, 0) is 30.7 Å². The maximum atomic E-state index is 4.69. The minimum atomic E-state index is 0.877. The van der Waals surface area contributed by atoms with E-state index in [2.05, 4.69) is 50.3 Å². The summed E-state index contributed by atoms with van der Waals surface area (Å²) in [4.78, 5) is 10.2. The molecule has 0 amide bonds. The van der Waals surface area contributed by atoms with Crippen LogP contribution in [0.25, 0.3) is 5.65 Å². The Hall–Kier alpha value is -1.53. The number of hydrogen-bond donors (Lipinski definition) is 1. The second-order valence-corrected chi connectivity index (χ2v) is 6.55. The Morgan fingerprint density at radius 1 is 1.29 bits per heavy atom. The van der Waals surface area contributed by atoms with Gasteiger partial charge in [0.05, 0.1) is 6.20 Å². The Morgan fingerprint density at radius 2 is 2.10 bits per heavy atom. The van der Waals surface area contributed by atoms with Gasteiger partial charge >= 0.3 is 0 Å². The average molecular weight is 363 g/mol. The first-order valence-corrected chi connectivity index (χ1v) is 8.38. The van der Waals surface area contributed by atoms with Crippen molar-refractivity contribution in [3.8, 4) is 0 Å². The van der Waals surface area contributed by atoms with E-state index in [1.165, 1.54) is 0 Å². The lowest BCUT2D eigenvalue weighted by molar-refractivity contribution is 0.945. The van der Waals surface area contributed by atoms with Crippen LogP contribution in [-0.2, 0) is 0 Å². The maximum Gasteiger partial charge on any atom is 0.170 e. The highest BCUT2D eigenvalue weighted by Crippen LogP contribution is 2.30. The van der Waals surface area contributed by atoms with Crippen LogP contribution in [0.2, 0.25) is 0 Å². The van der Waals surface area contributed by atoms with Crippen molar-refractivity contribution in [3.05, 3.63) is 47.3 Å². The van der Waals surface area contributed by atoms with Crippen molar-refractivity contribution in [2.24, 2.45) is 0 Å². The lowest BCUT2D eigenvalue weighted by Crippen LogP contribution is -2.04. The smallest absolute Gasteiger partial charge is 0.170 e. The lowest BCUT2D eigenvalue weighted by atomic mass is 10.4. The van der Waals surface area contributed by atoms with Gasteiger partial charge in [0.2, 0.25) is 0 Å². The molecule has 1 N–H and O–H groups in total. The monoisotopic (exact) mass is 362 g/mol. The summed E-state index contributed by atoms with van der Waals surface area (Å²) in [5, 5.41) is 4.24. The summed E-state index contributed by atoms with van der Waals surface area (Å²) in [6.07, 6.45) is 6.79. The van der Waals surface area contributed by atoms with Gasteiger partial charge in [0.25, 0.3) is 0 Å². The number of halogens is 1. The predicted octanol–water partition coefficient (Wildman–Crippen LogP) is 4.46. The van der Waals surface area contributed by atoms with E-state index in [-0.39, 0.29) is 0 Å². The normalized spacial score (nSPS) is 11.0. The van der Waals surface area contributed by atoms with Crippen molar-refractivity contribution >= 4 is 39.2 Å². The van der Waals surface area contributed by atoms with Gasteiger partial charge in [-0.1, -0.05) is 34.6 Å². The number of hydrogen-bond acceptors (Lipinski definition) is 4. The van der Waals surface area contributed by atoms with Crippen molar-refractivity contribution in [2.75, 3.05) is 11.9 Å². The predicted molar refractivity (Wildman–Crippen MR) is 90.0 cm³/mol. The topological polar surface area (TPSA) is 42.2 Å². The summed E-state index contributed by atoms with van der Waals surface area (Å²) in [6.45, 7) is 3.05. The Labute approximate surface area is 136 Å². The second-order valence-electron chi connectivity index (χ2n) is 4.57. The van der Waals surface area contributed by atoms with Crippen molar-refractivity contribution in [3.63, 3.8) is 0 Å². The highest BCUT2D eigenvalue weighted by atomic mass is 79.9. The largest absolute Gasteiger partial charge is 0.369 e. The van der Waals surface area contributed by atoms with Crippen LogP contribution in [0.4, 0.5) is 5.82 Å². The molecule has 0 aliphatic rings. The SMILES string of the molecule is CCCNc1cn2ccnc2c(Sc2ccc(Br)cc2)n1. The summed E-state index contributed by atoms with van der Waals surface area (Å²) < 4.78 is 3.08. The summed E-state index contributed by atoms with van der Waals surface area (Å²) in [5.41, 5.74) is 0.880. The Bertz CT molecular complexity index is 739. The van der Waals surface area contributed by atoms with Gasteiger partial charge in [0.1, 0.15) is 10.8 Å². The van der Waals surface area contributed by atoms with E-state index in [1.54, 1.807) is 18.0 Å². The van der Waals surface area contributed by atoms with Crippen LogP contribution in [0.3, 0.4) is 0 Å². The molecule has 0 bridgehead atoms. The first kappa shape index (κ1) is 14.4. The average Bonchev–Trinajstić information content (AvgIpc) is 2.96. The molecule has 0 unspecified atom stereocenters. The third kappa shape index (κ3) is 3.39. The summed E-state index contributed by atoms with van der Waals surface area (Å²) in [6, 6.07) is 8.21. The van der Waals surface area contributed by atoms with Gasteiger partial charge in [-0.2, -0.15) is 0 Å². The van der Waals surface area contributed by atoms with E-state index in [0.717, 1.165) is 38.8 Å². The van der Waals surface area contributed by atoms with Gasteiger partial charge in [-0.3, -0.25) is 0 Å². The molecule has 3 aromatic rings. The molecule has 0 saturated carbocycles. The number of aromatic nitrogens is 3. The number of fused-ring (bicyclic) bond motifs is 1. The van der Waals surface area contributed by atoms with E-state index in [9.17, 15) is 0 Å². The van der Waals surface area contributed by atoms with Gasteiger partial charge in [-0.25, -0.2) is 9.97 Å². The summed E-state index contributed by atoms with van der Waals surface area (Å²) in [5.74, 6) is 0.877. The van der Waals surface area contributed by atoms with Crippen LogP contribution in [0, 0.1) is 0 Å². The molecule has 0 fully saturated rings. The van der Waals surface area contributed by atoms with Crippen molar-refractivity contribution in [1.29, 1.82) is 0 Å². The summed E-state index contributed by atoms with van der Waals surface area (Å²) >= 11 is 5.08. The molecule has 21 heavy (non-hydrogen) atoms. The number of nitrogens with zero attached hydrogens (tertiary/aromatic N) is 3. The fraction of sp³-hybridized carbons (Fsp3) is 0.200. The van der Waals surface area contributed by atoms with Crippen LogP contribution in [0.5, 0.6) is 0 Å². The number of benzene rings is 1. The molecule has 4 nitrogen and oxygen atoms in total. The molecule has 0 radical (unpaired) electrons. The number of rotatable bonds is 5. The Balaban J connectivity index is 1.95. The van der Waals surface area contributed by atoms with Crippen molar-refractivity contribution in [2.45, 2.75) is 23.3 Å². The van der Waals surface area contributed by atoms with Crippen LogP contribution < -0.4 is 5.32 Å². The van der Waals surface area contributed by atoms with Crippen molar-refractivity contribution < 1.29 is 0 Å². The molecule has 0 atom stereocenters. The molecule has 2 aromatic heterocycles. The van der Waals surface area contributed by atoms with Crippen LogP contribution in [0.15, 0.2) is 57.3 Å². The molecule has 108 valence electrons.